The standard InChI is InChI=1S/C21H20N2O4/c1-3-26-19-7-5-4-6-17(19)10-13-20(24)27-15(2)21(25)23-18-11-8-16(14-22)9-12-18/h4-13,15H,3H2,1-2H3,(H,23,25)/b13-10+/t15-/m0/s1. The van der Waals surface area contributed by atoms with E-state index in [0.29, 0.717) is 23.6 Å². The van der Waals surface area contributed by atoms with Crippen LogP contribution in [0.3, 0.4) is 0 Å². The Hall–Kier alpha value is -3.59. The molecule has 0 aromatic heterocycles. The highest BCUT2D eigenvalue weighted by molar-refractivity contribution is 5.96. The van der Waals surface area contributed by atoms with E-state index >= 15 is 0 Å². The van der Waals surface area contributed by atoms with Gasteiger partial charge in [0.05, 0.1) is 18.2 Å². The van der Waals surface area contributed by atoms with Crippen LogP contribution >= 0.6 is 0 Å². The third kappa shape index (κ3) is 6.01. The Labute approximate surface area is 158 Å². The Bertz CT molecular complexity index is 866. The van der Waals surface area contributed by atoms with Crippen molar-refractivity contribution in [1.82, 2.24) is 0 Å². The van der Waals surface area contributed by atoms with Crippen LogP contribution in [0.15, 0.2) is 54.6 Å². The molecule has 138 valence electrons. The first-order chi connectivity index (χ1) is 13.0. The van der Waals surface area contributed by atoms with E-state index in [1.54, 1.807) is 30.3 Å². The van der Waals surface area contributed by atoms with Crippen LogP contribution in [0.5, 0.6) is 5.75 Å². The second-order valence-corrected chi connectivity index (χ2v) is 5.56. The van der Waals surface area contributed by atoms with Gasteiger partial charge in [0, 0.05) is 17.3 Å². The van der Waals surface area contributed by atoms with E-state index < -0.39 is 18.0 Å². The molecule has 0 aliphatic rings. The van der Waals surface area contributed by atoms with Gasteiger partial charge in [0.1, 0.15) is 5.75 Å². The average Bonchev–Trinajstić information content (AvgIpc) is 2.68. The van der Waals surface area contributed by atoms with E-state index in [9.17, 15) is 9.59 Å². The van der Waals surface area contributed by atoms with Gasteiger partial charge in [-0.2, -0.15) is 5.26 Å². The van der Waals surface area contributed by atoms with E-state index in [1.807, 2.05) is 37.3 Å². The smallest absolute Gasteiger partial charge is 0.331 e. The molecular formula is C21H20N2O4. The molecule has 0 aliphatic heterocycles. The number of amides is 1. The summed E-state index contributed by atoms with van der Waals surface area (Å²) < 4.78 is 10.6. The van der Waals surface area contributed by atoms with Gasteiger partial charge in [-0.05, 0) is 50.3 Å². The average molecular weight is 364 g/mol. The molecule has 27 heavy (non-hydrogen) atoms. The number of nitriles is 1. The van der Waals surface area contributed by atoms with Crippen LogP contribution in [0.25, 0.3) is 6.08 Å². The number of nitrogens with zero attached hydrogens (tertiary/aromatic N) is 1. The molecule has 0 aliphatic carbocycles. The fraction of sp³-hybridized carbons (Fsp3) is 0.190. The first-order valence-corrected chi connectivity index (χ1v) is 8.45. The summed E-state index contributed by atoms with van der Waals surface area (Å²) in [6, 6.07) is 15.7. The summed E-state index contributed by atoms with van der Waals surface area (Å²) in [5.74, 6) is -0.435. The minimum absolute atomic E-state index is 0.462. The van der Waals surface area contributed by atoms with Gasteiger partial charge in [0.15, 0.2) is 6.10 Å². The maximum absolute atomic E-state index is 12.1. The van der Waals surface area contributed by atoms with E-state index in [0.717, 1.165) is 5.56 Å². The Morgan fingerprint density at radius 2 is 1.89 bits per heavy atom. The van der Waals surface area contributed by atoms with Crippen LogP contribution in [-0.4, -0.2) is 24.6 Å². The summed E-state index contributed by atoms with van der Waals surface area (Å²) in [5, 5.41) is 11.4. The molecule has 0 saturated heterocycles. The molecule has 2 aromatic carbocycles. The van der Waals surface area contributed by atoms with Crippen LogP contribution in [0.1, 0.15) is 25.0 Å². The minimum atomic E-state index is -0.972. The molecule has 0 fully saturated rings. The van der Waals surface area contributed by atoms with E-state index in [1.165, 1.54) is 13.0 Å². The number of benzene rings is 2. The highest BCUT2D eigenvalue weighted by Crippen LogP contribution is 2.19. The Kier molecular flexibility index (Phi) is 7.15. The predicted molar refractivity (Wildman–Crippen MR) is 102 cm³/mol. The molecule has 6 nitrogen and oxygen atoms in total. The van der Waals surface area contributed by atoms with Crippen molar-refractivity contribution in [1.29, 1.82) is 5.26 Å². The summed E-state index contributed by atoms with van der Waals surface area (Å²) in [7, 11) is 0. The van der Waals surface area contributed by atoms with Crippen molar-refractivity contribution < 1.29 is 19.1 Å². The number of anilines is 1. The first kappa shape index (κ1) is 19.7. The molecule has 0 bridgehead atoms. The topological polar surface area (TPSA) is 88.4 Å². The van der Waals surface area contributed by atoms with E-state index in [-0.39, 0.29) is 0 Å². The van der Waals surface area contributed by atoms with Gasteiger partial charge in [0.2, 0.25) is 0 Å². The number of nitrogens with one attached hydrogen (secondary N) is 1. The fourth-order valence-electron chi connectivity index (χ4n) is 2.20. The zero-order valence-corrected chi connectivity index (χ0v) is 15.1. The predicted octanol–water partition coefficient (Wildman–Crippen LogP) is 3.54. The number of esters is 1. The lowest BCUT2D eigenvalue weighted by atomic mass is 10.2. The highest BCUT2D eigenvalue weighted by Gasteiger charge is 2.16. The zero-order chi connectivity index (χ0) is 19.6. The van der Waals surface area contributed by atoms with Crippen molar-refractivity contribution in [2.24, 2.45) is 0 Å². The number of hydrogen-bond donors (Lipinski definition) is 1. The van der Waals surface area contributed by atoms with Crippen molar-refractivity contribution in [2.75, 3.05) is 11.9 Å². The normalized spacial score (nSPS) is 11.4. The summed E-state index contributed by atoms with van der Waals surface area (Å²) in [6.45, 7) is 3.88. The molecule has 0 spiro atoms. The van der Waals surface area contributed by atoms with Crippen molar-refractivity contribution in [3.63, 3.8) is 0 Å². The summed E-state index contributed by atoms with van der Waals surface area (Å²) in [4.78, 5) is 24.1. The quantitative estimate of drug-likeness (QED) is 0.600. The molecule has 0 saturated carbocycles. The molecule has 0 heterocycles. The largest absolute Gasteiger partial charge is 0.493 e. The highest BCUT2D eigenvalue weighted by atomic mass is 16.5. The number of carbonyl (C=O) groups excluding carboxylic acids is 2. The first-order valence-electron chi connectivity index (χ1n) is 8.45. The lowest BCUT2D eigenvalue weighted by Crippen LogP contribution is -2.29. The summed E-state index contributed by atoms with van der Waals surface area (Å²) in [5.41, 5.74) is 1.75. The van der Waals surface area contributed by atoms with Crippen LogP contribution in [0.2, 0.25) is 0 Å². The molecule has 2 aromatic rings. The second kappa shape index (κ2) is 9.78. The van der Waals surface area contributed by atoms with Crippen molar-refractivity contribution in [3.05, 3.63) is 65.7 Å². The molecule has 0 unspecified atom stereocenters. The van der Waals surface area contributed by atoms with Gasteiger partial charge in [-0.25, -0.2) is 4.79 Å². The molecule has 1 N–H and O–H groups in total. The van der Waals surface area contributed by atoms with Crippen LogP contribution in [-0.2, 0) is 14.3 Å². The van der Waals surface area contributed by atoms with Gasteiger partial charge in [-0.3, -0.25) is 4.79 Å². The minimum Gasteiger partial charge on any atom is -0.493 e. The maximum Gasteiger partial charge on any atom is 0.331 e. The van der Waals surface area contributed by atoms with E-state index in [2.05, 4.69) is 5.32 Å². The van der Waals surface area contributed by atoms with Gasteiger partial charge in [-0.1, -0.05) is 18.2 Å². The zero-order valence-electron chi connectivity index (χ0n) is 15.1. The van der Waals surface area contributed by atoms with Gasteiger partial charge >= 0.3 is 5.97 Å². The van der Waals surface area contributed by atoms with Crippen LogP contribution in [0.4, 0.5) is 5.69 Å². The SMILES string of the molecule is CCOc1ccccc1/C=C/C(=O)O[C@@H](C)C(=O)Nc1ccc(C#N)cc1. The second-order valence-electron chi connectivity index (χ2n) is 5.56. The fourth-order valence-corrected chi connectivity index (χ4v) is 2.20. The van der Waals surface area contributed by atoms with Crippen molar-refractivity contribution in [3.8, 4) is 11.8 Å². The third-order valence-corrected chi connectivity index (χ3v) is 3.56. The Morgan fingerprint density at radius 1 is 1.19 bits per heavy atom. The number of carbonyl (C=O) groups is 2. The van der Waals surface area contributed by atoms with Crippen molar-refractivity contribution in [2.45, 2.75) is 20.0 Å². The Balaban J connectivity index is 1.92. The molecular weight excluding hydrogens is 344 g/mol. The van der Waals surface area contributed by atoms with Crippen LogP contribution in [0, 0.1) is 11.3 Å². The third-order valence-electron chi connectivity index (χ3n) is 3.56. The maximum atomic E-state index is 12.1. The number of ether oxygens (including phenoxy) is 2. The number of hydrogen-bond acceptors (Lipinski definition) is 5. The summed E-state index contributed by atoms with van der Waals surface area (Å²) >= 11 is 0. The Morgan fingerprint density at radius 3 is 2.56 bits per heavy atom. The number of rotatable bonds is 7. The van der Waals surface area contributed by atoms with Crippen molar-refractivity contribution >= 4 is 23.6 Å². The van der Waals surface area contributed by atoms with Gasteiger partial charge in [-0.15, -0.1) is 0 Å². The van der Waals surface area contributed by atoms with E-state index in [4.69, 9.17) is 14.7 Å². The molecule has 6 heteroatoms. The van der Waals surface area contributed by atoms with Gasteiger partial charge < -0.3 is 14.8 Å². The monoisotopic (exact) mass is 364 g/mol. The van der Waals surface area contributed by atoms with Crippen LogP contribution < -0.4 is 10.1 Å². The molecule has 0 radical (unpaired) electrons. The molecule has 1 atom stereocenters. The summed E-state index contributed by atoms with van der Waals surface area (Å²) in [6.07, 6.45) is 1.86. The number of para-hydroxylation sites is 1. The lowest BCUT2D eigenvalue weighted by Gasteiger charge is -2.12. The lowest BCUT2D eigenvalue weighted by molar-refractivity contribution is -0.148. The molecule has 2 rings (SSSR count). The van der Waals surface area contributed by atoms with Gasteiger partial charge in [0.25, 0.3) is 5.91 Å². The molecule has 1 amide bonds.